The van der Waals surface area contributed by atoms with Gasteiger partial charge in [0.05, 0.1) is 6.54 Å². The van der Waals surface area contributed by atoms with Gasteiger partial charge in [-0.15, -0.1) is 11.3 Å². The van der Waals surface area contributed by atoms with E-state index < -0.39 is 0 Å². The number of rotatable bonds is 4. The van der Waals surface area contributed by atoms with E-state index in [1.165, 1.54) is 26.8 Å². The lowest BCUT2D eigenvalue weighted by atomic mass is 10.2. The Hall–Kier alpha value is -2.55. The van der Waals surface area contributed by atoms with Crippen molar-refractivity contribution in [2.24, 2.45) is 0 Å². The summed E-state index contributed by atoms with van der Waals surface area (Å²) in [6.07, 6.45) is 2.93. The van der Waals surface area contributed by atoms with Crippen molar-refractivity contribution < 1.29 is 9.42 Å². The van der Waals surface area contributed by atoms with Gasteiger partial charge >= 0.3 is 0 Å². The molecule has 0 fully saturated rings. The molecule has 114 valence electrons. The van der Waals surface area contributed by atoms with Crippen molar-refractivity contribution in [3.8, 4) is 0 Å². The van der Waals surface area contributed by atoms with Gasteiger partial charge in [-0.05, 0) is 13.8 Å². The van der Waals surface area contributed by atoms with Crippen LogP contribution in [0, 0.1) is 6.92 Å². The van der Waals surface area contributed by atoms with Crippen molar-refractivity contribution in [1.82, 2.24) is 24.6 Å². The maximum atomic E-state index is 12.6. The van der Waals surface area contributed by atoms with Crippen molar-refractivity contribution >= 4 is 22.2 Å². The lowest BCUT2D eigenvalue weighted by molar-refractivity contribution is 0.0746. The maximum absolute atomic E-state index is 12.6. The highest BCUT2D eigenvalue weighted by Gasteiger charge is 2.21. The molecule has 0 N–H and O–H groups in total. The van der Waals surface area contributed by atoms with Crippen LogP contribution in [0.3, 0.4) is 0 Å². The van der Waals surface area contributed by atoms with Crippen molar-refractivity contribution in [1.29, 1.82) is 0 Å². The lowest BCUT2D eigenvalue weighted by Gasteiger charge is -2.19. The summed E-state index contributed by atoms with van der Waals surface area (Å²) in [6.45, 7) is 4.24. The van der Waals surface area contributed by atoms with Crippen LogP contribution in [0.15, 0.2) is 27.2 Å². The van der Waals surface area contributed by atoms with Gasteiger partial charge in [0.2, 0.25) is 0 Å². The Balaban J connectivity index is 1.94. The number of carbonyl (C=O) groups is 1. The van der Waals surface area contributed by atoms with Gasteiger partial charge in [-0.1, -0.05) is 10.3 Å². The van der Waals surface area contributed by atoms with Crippen LogP contribution in [0.25, 0.3) is 4.96 Å². The summed E-state index contributed by atoms with van der Waals surface area (Å²) in [5.74, 6) is -0.386. The summed E-state index contributed by atoms with van der Waals surface area (Å²) in [6, 6.07) is 0. The van der Waals surface area contributed by atoms with Crippen LogP contribution in [0.1, 0.15) is 28.7 Å². The third kappa shape index (κ3) is 2.39. The second kappa shape index (κ2) is 5.68. The summed E-state index contributed by atoms with van der Waals surface area (Å²) in [7, 11) is 0. The normalized spacial score (nSPS) is 11.0. The number of fused-ring (bicyclic) bond motifs is 1. The fraction of sp³-hybridized carbons (Fsp3) is 0.308. The number of thiazole rings is 1. The smallest absolute Gasteiger partial charge is 0.271 e. The van der Waals surface area contributed by atoms with E-state index in [4.69, 9.17) is 0 Å². The van der Waals surface area contributed by atoms with E-state index in [1.54, 1.807) is 18.5 Å². The molecule has 0 spiro atoms. The number of hydrogen-bond acceptors (Lipinski definition) is 7. The Labute approximate surface area is 129 Å². The standard InChI is InChI=1S/C13H13N5O3S/c1-3-17(7-10-8(2)15-21-16-10)11(19)9-6-14-13-18(12(9)20)4-5-22-13/h4-6H,3,7H2,1-2H3. The molecule has 0 saturated heterocycles. The number of amides is 1. The van der Waals surface area contributed by atoms with Gasteiger partial charge in [-0.2, -0.15) is 0 Å². The highest BCUT2D eigenvalue weighted by atomic mass is 32.1. The highest BCUT2D eigenvalue weighted by molar-refractivity contribution is 7.15. The monoisotopic (exact) mass is 319 g/mol. The van der Waals surface area contributed by atoms with Crippen LogP contribution < -0.4 is 5.56 Å². The lowest BCUT2D eigenvalue weighted by Crippen LogP contribution is -2.35. The van der Waals surface area contributed by atoms with Crippen molar-refractivity contribution in [3.63, 3.8) is 0 Å². The molecule has 0 aliphatic carbocycles. The predicted octanol–water partition coefficient (Wildman–Crippen LogP) is 1.11. The third-order valence-electron chi connectivity index (χ3n) is 3.33. The molecule has 3 aromatic rings. The molecule has 3 rings (SSSR count). The molecule has 0 aliphatic heterocycles. The highest BCUT2D eigenvalue weighted by Crippen LogP contribution is 2.10. The average Bonchev–Trinajstić information content (AvgIpc) is 3.14. The largest absolute Gasteiger partial charge is 0.333 e. The fourth-order valence-corrected chi connectivity index (χ4v) is 2.72. The Morgan fingerprint density at radius 1 is 1.45 bits per heavy atom. The van der Waals surface area contributed by atoms with E-state index in [1.807, 2.05) is 6.92 Å². The van der Waals surface area contributed by atoms with Crippen molar-refractivity contribution in [3.05, 3.63) is 45.1 Å². The molecular formula is C13H13N5O3S. The first-order chi connectivity index (χ1) is 10.6. The van der Waals surface area contributed by atoms with Gasteiger partial charge < -0.3 is 4.90 Å². The molecule has 0 atom stereocenters. The second-order valence-electron chi connectivity index (χ2n) is 4.65. The summed E-state index contributed by atoms with van der Waals surface area (Å²) < 4.78 is 6.00. The minimum atomic E-state index is -0.386. The maximum Gasteiger partial charge on any atom is 0.271 e. The summed E-state index contributed by atoms with van der Waals surface area (Å²) in [5, 5.41) is 9.20. The molecule has 0 aliphatic rings. The first-order valence-electron chi connectivity index (χ1n) is 6.64. The van der Waals surface area contributed by atoms with Crippen LogP contribution in [-0.2, 0) is 6.54 Å². The van der Waals surface area contributed by atoms with Crippen molar-refractivity contribution in [2.75, 3.05) is 6.54 Å². The number of carbonyl (C=O) groups excluding carboxylic acids is 1. The molecule has 0 unspecified atom stereocenters. The topological polar surface area (TPSA) is 93.6 Å². The third-order valence-corrected chi connectivity index (χ3v) is 4.10. The molecule has 0 radical (unpaired) electrons. The number of nitrogens with zero attached hydrogens (tertiary/aromatic N) is 5. The van der Waals surface area contributed by atoms with E-state index >= 15 is 0 Å². The van der Waals surface area contributed by atoms with Crippen LogP contribution in [0.2, 0.25) is 0 Å². The molecule has 8 nitrogen and oxygen atoms in total. The minimum absolute atomic E-state index is 0.0341. The van der Waals surface area contributed by atoms with Gasteiger partial charge in [0.15, 0.2) is 4.96 Å². The number of aryl methyl sites for hydroxylation is 1. The fourth-order valence-electron chi connectivity index (χ4n) is 2.04. The van der Waals surface area contributed by atoms with Crippen LogP contribution in [0.5, 0.6) is 0 Å². The van der Waals surface area contributed by atoms with Crippen LogP contribution in [0.4, 0.5) is 0 Å². The van der Waals surface area contributed by atoms with E-state index in [9.17, 15) is 9.59 Å². The SMILES string of the molecule is CCN(Cc1nonc1C)C(=O)c1cnc2sccn2c1=O. The summed E-state index contributed by atoms with van der Waals surface area (Å²) in [5.41, 5.74) is 0.853. The Morgan fingerprint density at radius 2 is 2.27 bits per heavy atom. The predicted molar refractivity (Wildman–Crippen MR) is 78.8 cm³/mol. The molecular weight excluding hydrogens is 306 g/mol. The van der Waals surface area contributed by atoms with Gasteiger partial charge in [-0.3, -0.25) is 14.0 Å². The Bertz CT molecular complexity index is 881. The van der Waals surface area contributed by atoms with E-state index in [0.29, 0.717) is 22.9 Å². The van der Waals surface area contributed by atoms with E-state index in [0.717, 1.165) is 0 Å². The zero-order valence-electron chi connectivity index (χ0n) is 12.0. The minimum Gasteiger partial charge on any atom is -0.333 e. The zero-order chi connectivity index (χ0) is 15.7. The molecule has 0 saturated carbocycles. The molecule has 1 amide bonds. The molecule has 0 aromatic carbocycles. The van der Waals surface area contributed by atoms with Gasteiger partial charge in [0.25, 0.3) is 11.5 Å². The Morgan fingerprint density at radius 3 is 2.95 bits per heavy atom. The molecule has 9 heteroatoms. The quantitative estimate of drug-likeness (QED) is 0.715. The molecule has 3 aromatic heterocycles. The number of hydrogen-bond donors (Lipinski definition) is 0. The molecule has 0 bridgehead atoms. The summed E-state index contributed by atoms with van der Waals surface area (Å²) >= 11 is 1.34. The molecule has 3 heterocycles. The zero-order valence-corrected chi connectivity index (χ0v) is 12.8. The van der Waals surface area contributed by atoms with Gasteiger partial charge in [0.1, 0.15) is 17.0 Å². The van der Waals surface area contributed by atoms with Gasteiger partial charge in [-0.25, -0.2) is 9.61 Å². The van der Waals surface area contributed by atoms with E-state index in [2.05, 4.69) is 19.9 Å². The van der Waals surface area contributed by atoms with Crippen LogP contribution >= 0.6 is 11.3 Å². The Kier molecular flexibility index (Phi) is 3.72. The number of aromatic nitrogens is 4. The molecule has 22 heavy (non-hydrogen) atoms. The first kappa shape index (κ1) is 14.4. The summed E-state index contributed by atoms with van der Waals surface area (Å²) in [4.78, 5) is 31.2. The second-order valence-corrected chi connectivity index (χ2v) is 5.52. The first-order valence-corrected chi connectivity index (χ1v) is 7.52. The van der Waals surface area contributed by atoms with Crippen LogP contribution in [-0.4, -0.2) is 37.0 Å². The van der Waals surface area contributed by atoms with E-state index in [-0.39, 0.29) is 23.6 Å². The van der Waals surface area contributed by atoms with Gasteiger partial charge in [0, 0.05) is 24.3 Å². The van der Waals surface area contributed by atoms with Crippen molar-refractivity contribution in [2.45, 2.75) is 20.4 Å². The average molecular weight is 319 g/mol.